The smallest absolute Gasteiger partial charge is 0.258 e. The van der Waals surface area contributed by atoms with E-state index in [1.54, 1.807) is 34.8 Å². The maximum atomic E-state index is 12.6. The maximum Gasteiger partial charge on any atom is 0.258 e. The molecule has 29 heavy (non-hydrogen) atoms. The van der Waals surface area contributed by atoms with Crippen LogP contribution in [0.2, 0.25) is 10.0 Å². The molecule has 0 fully saturated rings. The first-order valence-corrected chi connectivity index (χ1v) is 10.2. The van der Waals surface area contributed by atoms with E-state index in [2.05, 4.69) is 20.7 Å². The first-order chi connectivity index (χ1) is 14.0. The van der Waals surface area contributed by atoms with Crippen molar-refractivity contribution in [3.05, 3.63) is 63.0 Å². The predicted octanol–water partition coefficient (Wildman–Crippen LogP) is 4.51. The van der Waals surface area contributed by atoms with E-state index in [1.807, 2.05) is 11.4 Å². The molecule has 0 aliphatic carbocycles. The lowest BCUT2D eigenvalue weighted by Crippen LogP contribution is -2.13. The quantitative estimate of drug-likeness (QED) is 0.487. The lowest BCUT2D eigenvalue weighted by molar-refractivity contribution is -0.115. The number of nitrogens with one attached hydrogen (secondary N) is 2. The van der Waals surface area contributed by atoms with E-state index < -0.39 is 0 Å². The molecule has 2 aromatic heterocycles. The molecule has 2 aromatic carbocycles. The molecule has 2 N–H and O–H groups in total. The second-order valence-electron chi connectivity index (χ2n) is 6.43. The van der Waals surface area contributed by atoms with E-state index in [4.69, 9.17) is 23.2 Å². The molecule has 0 spiro atoms. The maximum absolute atomic E-state index is 12.6. The Labute approximate surface area is 178 Å². The summed E-state index contributed by atoms with van der Waals surface area (Å²) in [5.74, 6) is -0.249. The minimum absolute atomic E-state index is 0.0815. The van der Waals surface area contributed by atoms with Crippen LogP contribution in [0.1, 0.15) is 15.9 Å². The number of anilines is 2. The second-order valence-corrected chi connectivity index (χ2v) is 8.11. The van der Waals surface area contributed by atoms with Gasteiger partial charge in [-0.05, 0) is 42.0 Å². The summed E-state index contributed by atoms with van der Waals surface area (Å²) in [5.41, 5.74) is 3.47. The van der Waals surface area contributed by atoms with Gasteiger partial charge in [0.2, 0.25) is 10.9 Å². The minimum atomic E-state index is -0.350. The molecule has 0 bridgehead atoms. The van der Waals surface area contributed by atoms with Gasteiger partial charge in [-0.2, -0.15) is 4.98 Å². The van der Waals surface area contributed by atoms with Crippen molar-refractivity contribution < 1.29 is 9.59 Å². The average Bonchev–Trinajstić information content (AvgIpc) is 3.34. The zero-order valence-electron chi connectivity index (χ0n) is 14.6. The normalized spacial score (nSPS) is 12.8. The van der Waals surface area contributed by atoms with Gasteiger partial charge >= 0.3 is 0 Å². The van der Waals surface area contributed by atoms with Crippen molar-refractivity contribution in [3.63, 3.8) is 0 Å². The Hall–Kier alpha value is -2.94. The number of thiazole rings is 1. The van der Waals surface area contributed by atoms with Crippen molar-refractivity contribution in [2.45, 2.75) is 6.42 Å². The van der Waals surface area contributed by atoms with Crippen LogP contribution in [0, 0.1) is 0 Å². The highest BCUT2D eigenvalue weighted by atomic mass is 35.5. The number of amides is 2. The monoisotopic (exact) mass is 443 g/mol. The third-order valence-electron chi connectivity index (χ3n) is 4.51. The van der Waals surface area contributed by atoms with Crippen LogP contribution in [0.25, 0.3) is 16.2 Å². The molecule has 4 aromatic rings. The highest BCUT2D eigenvalue weighted by molar-refractivity contribution is 7.15. The van der Waals surface area contributed by atoms with Crippen LogP contribution in [0.3, 0.4) is 0 Å². The van der Waals surface area contributed by atoms with Gasteiger partial charge in [0.1, 0.15) is 0 Å². The number of fused-ring (bicyclic) bond motifs is 2. The predicted molar refractivity (Wildman–Crippen MR) is 113 cm³/mol. The van der Waals surface area contributed by atoms with Gasteiger partial charge in [0.25, 0.3) is 11.9 Å². The fourth-order valence-electron chi connectivity index (χ4n) is 3.16. The Morgan fingerprint density at radius 1 is 1.21 bits per heavy atom. The van der Waals surface area contributed by atoms with Crippen molar-refractivity contribution >= 4 is 62.9 Å². The van der Waals surface area contributed by atoms with Crippen molar-refractivity contribution in [1.82, 2.24) is 14.6 Å². The van der Waals surface area contributed by atoms with Crippen molar-refractivity contribution in [1.29, 1.82) is 0 Å². The zero-order valence-corrected chi connectivity index (χ0v) is 16.9. The van der Waals surface area contributed by atoms with Gasteiger partial charge in [0.15, 0.2) is 0 Å². The molecule has 3 heterocycles. The van der Waals surface area contributed by atoms with Crippen LogP contribution >= 0.6 is 34.5 Å². The number of rotatable bonds is 3. The van der Waals surface area contributed by atoms with Crippen LogP contribution in [-0.4, -0.2) is 26.4 Å². The number of hydrogen-bond acceptors (Lipinski definition) is 5. The second kappa shape index (κ2) is 6.84. The number of carbonyl (C=O) groups is 2. The summed E-state index contributed by atoms with van der Waals surface area (Å²) < 4.78 is 1.63. The molecule has 0 saturated carbocycles. The molecule has 0 atom stereocenters. The Balaban J connectivity index is 1.43. The molecular weight excluding hydrogens is 433 g/mol. The standard InChI is InChI=1S/C19H11Cl2N5O2S/c20-11-2-3-12(13(21)7-11)15-8-29-19-24-18(25-26(15)19)23-17(28)9-1-4-14-10(5-9)6-16(27)22-14/h1-5,7-8H,6H2,(H,22,27)(H,23,25,28). The summed E-state index contributed by atoms with van der Waals surface area (Å²) in [5, 5.41) is 12.8. The van der Waals surface area contributed by atoms with Crippen molar-refractivity contribution in [3.8, 4) is 11.3 Å². The van der Waals surface area contributed by atoms with Crippen LogP contribution in [0.5, 0.6) is 0 Å². The number of aromatic nitrogens is 3. The lowest BCUT2D eigenvalue weighted by Gasteiger charge is -2.04. The van der Waals surface area contributed by atoms with Gasteiger partial charge in [-0.1, -0.05) is 23.2 Å². The van der Waals surface area contributed by atoms with E-state index in [0.717, 1.165) is 22.5 Å². The largest absolute Gasteiger partial charge is 0.326 e. The number of hydrogen-bond donors (Lipinski definition) is 2. The fraction of sp³-hybridized carbons (Fsp3) is 0.0526. The van der Waals surface area contributed by atoms with Gasteiger partial charge in [-0.25, -0.2) is 4.52 Å². The van der Waals surface area contributed by atoms with Crippen LogP contribution < -0.4 is 10.6 Å². The fourth-order valence-corrected chi connectivity index (χ4v) is 4.49. The lowest BCUT2D eigenvalue weighted by atomic mass is 10.1. The van der Waals surface area contributed by atoms with E-state index in [9.17, 15) is 9.59 Å². The Morgan fingerprint density at radius 3 is 2.90 bits per heavy atom. The van der Waals surface area contributed by atoms with E-state index in [0.29, 0.717) is 20.6 Å². The topological polar surface area (TPSA) is 88.4 Å². The molecule has 2 amide bonds. The molecule has 10 heteroatoms. The van der Waals surface area contributed by atoms with Gasteiger partial charge in [-0.15, -0.1) is 16.4 Å². The van der Waals surface area contributed by atoms with Gasteiger partial charge < -0.3 is 5.32 Å². The summed E-state index contributed by atoms with van der Waals surface area (Å²) >= 11 is 13.7. The van der Waals surface area contributed by atoms with Gasteiger partial charge in [0.05, 0.1) is 17.1 Å². The average molecular weight is 444 g/mol. The third-order valence-corrected chi connectivity index (χ3v) is 5.87. The molecular formula is C19H11Cl2N5O2S. The molecule has 5 rings (SSSR count). The Kier molecular flexibility index (Phi) is 4.27. The highest BCUT2D eigenvalue weighted by Gasteiger charge is 2.20. The molecule has 0 radical (unpaired) electrons. The summed E-state index contributed by atoms with van der Waals surface area (Å²) in [6, 6.07) is 10.3. The number of nitrogens with zero attached hydrogens (tertiary/aromatic N) is 3. The summed E-state index contributed by atoms with van der Waals surface area (Å²) in [6.07, 6.45) is 0.264. The van der Waals surface area contributed by atoms with Crippen LogP contribution in [0.15, 0.2) is 41.8 Å². The number of carbonyl (C=O) groups excluding carboxylic acids is 2. The van der Waals surface area contributed by atoms with Crippen LogP contribution in [-0.2, 0) is 11.2 Å². The molecule has 144 valence electrons. The van der Waals surface area contributed by atoms with Crippen LogP contribution in [0.4, 0.5) is 11.6 Å². The van der Waals surface area contributed by atoms with E-state index >= 15 is 0 Å². The highest BCUT2D eigenvalue weighted by Crippen LogP contribution is 2.33. The van der Waals surface area contributed by atoms with Gasteiger partial charge in [-0.3, -0.25) is 14.9 Å². The minimum Gasteiger partial charge on any atom is -0.326 e. The SMILES string of the molecule is O=C1Cc2cc(C(=O)Nc3nc4scc(-c5ccc(Cl)cc5Cl)n4n3)ccc2N1. The van der Waals surface area contributed by atoms with Crippen molar-refractivity contribution in [2.75, 3.05) is 10.6 Å². The van der Waals surface area contributed by atoms with Gasteiger partial charge in [0, 0.05) is 27.2 Å². The zero-order chi connectivity index (χ0) is 20.1. The molecule has 0 saturated heterocycles. The Bertz CT molecular complexity index is 1310. The molecule has 1 aliphatic heterocycles. The summed E-state index contributed by atoms with van der Waals surface area (Å²) in [7, 11) is 0. The Morgan fingerprint density at radius 2 is 2.07 bits per heavy atom. The van der Waals surface area contributed by atoms with E-state index in [-0.39, 0.29) is 24.2 Å². The first-order valence-electron chi connectivity index (χ1n) is 8.52. The number of benzene rings is 2. The molecule has 1 aliphatic rings. The summed E-state index contributed by atoms with van der Waals surface area (Å²) in [6.45, 7) is 0. The molecule has 0 unspecified atom stereocenters. The number of halogens is 2. The first kappa shape index (κ1) is 18.1. The summed E-state index contributed by atoms with van der Waals surface area (Å²) in [4.78, 5) is 29.1. The van der Waals surface area contributed by atoms with Crippen molar-refractivity contribution in [2.24, 2.45) is 0 Å². The molecule has 7 nitrogen and oxygen atoms in total. The third kappa shape index (κ3) is 3.25. The van der Waals surface area contributed by atoms with E-state index in [1.165, 1.54) is 11.3 Å².